The Morgan fingerprint density at radius 2 is 1.79 bits per heavy atom. The fourth-order valence-electron chi connectivity index (χ4n) is 2.43. The molecular weight excluding hydrogens is 430 g/mol. The van der Waals surface area contributed by atoms with Crippen molar-refractivity contribution in [3.63, 3.8) is 0 Å². The van der Waals surface area contributed by atoms with Crippen molar-refractivity contribution in [3.05, 3.63) is 59.1 Å². The van der Waals surface area contributed by atoms with Gasteiger partial charge in [0, 0.05) is 23.2 Å². The quantitative estimate of drug-likeness (QED) is 0.528. The summed E-state index contributed by atoms with van der Waals surface area (Å²) in [6.07, 6.45) is 1.44. The molecule has 3 N–H and O–H groups in total. The second kappa shape index (κ2) is 10.7. The third-order valence-corrected chi connectivity index (χ3v) is 6.40. The largest absolute Gasteiger partial charge is 0.332 e. The van der Waals surface area contributed by atoms with Crippen molar-refractivity contribution >= 4 is 50.5 Å². The molecule has 2 aromatic carbocycles. The lowest BCUT2D eigenvalue weighted by atomic mass is 10.1. The van der Waals surface area contributed by atoms with Gasteiger partial charge in [0.2, 0.25) is 15.9 Å². The Morgan fingerprint density at radius 3 is 2.41 bits per heavy atom. The van der Waals surface area contributed by atoms with E-state index in [1.165, 1.54) is 12.1 Å². The first kappa shape index (κ1) is 23.3. The molecule has 0 fully saturated rings. The SMILES string of the molecule is CCC(C)NS(=O)(=O)c1ccc(NC(=S)NC(=O)CCc2ccccc2Cl)cc1. The van der Waals surface area contributed by atoms with Crippen LogP contribution in [-0.4, -0.2) is 25.5 Å². The van der Waals surface area contributed by atoms with Crippen LogP contribution in [0.25, 0.3) is 0 Å². The van der Waals surface area contributed by atoms with E-state index in [1.807, 2.05) is 25.1 Å². The lowest BCUT2D eigenvalue weighted by Crippen LogP contribution is -2.34. The molecule has 0 aliphatic rings. The molecule has 0 aliphatic heterocycles. The summed E-state index contributed by atoms with van der Waals surface area (Å²) in [4.78, 5) is 12.2. The van der Waals surface area contributed by atoms with Gasteiger partial charge in [-0.3, -0.25) is 4.79 Å². The summed E-state index contributed by atoms with van der Waals surface area (Å²) in [5.74, 6) is -0.237. The van der Waals surface area contributed by atoms with Crippen LogP contribution in [0.5, 0.6) is 0 Å². The Morgan fingerprint density at radius 1 is 1.14 bits per heavy atom. The van der Waals surface area contributed by atoms with E-state index in [9.17, 15) is 13.2 Å². The summed E-state index contributed by atoms with van der Waals surface area (Å²) in [5, 5.41) is 6.24. The van der Waals surface area contributed by atoms with Crippen molar-refractivity contribution in [2.75, 3.05) is 5.32 Å². The van der Waals surface area contributed by atoms with E-state index < -0.39 is 10.0 Å². The molecule has 0 saturated heterocycles. The Kier molecular flexibility index (Phi) is 8.58. The maximum absolute atomic E-state index is 12.3. The molecule has 1 atom stereocenters. The molecule has 0 heterocycles. The molecule has 1 amide bonds. The van der Waals surface area contributed by atoms with Crippen LogP contribution < -0.4 is 15.4 Å². The van der Waals surface area contributed by atoms with Crippen LogP contribution in [0, 0.1) is 0 Å². The number of hydrogen-bond acceptors (Lipinski definition) is 4. The summed E-state index contributed by atoms with van der Waals surface area (Å²) in [6, 6.07) is 13.4. The third-order valence-electron chi connectivity index (χ3n) is 4.22. The molecule has 0 bridgehead atoms. The lowest BCUT2D eigenvalue weighted by molar-refractivity contribution is -0.119. The summed E-state index contributed by atoms with van der Waals surface area (Å²) < 4.78 is 27.1. The normalized spacial score (nSPS) is 12.2. The molecule has 2 rings (SSSR count). The molecule has 0 aromatic heterocycles. The van der Waals surface area contributed by atoms with Gasteiger partial charge < -0.3 is 10.6 Å². The maximum atomic E-state index is 12.3. The predicted octanol–water partition coefficient (Wildman–Crippen LogP) is 3.86. The Labute approximate surface area is 182 Å². The molecule has 29 heavy (non-hydrogen) atoms. The minimum atomic E-state index is -3.56. The van der Waals surface area contributed by atoms with E-state index in [4.69, 9.17) is 23.8 Å². The number of anilines is 1. The van der Waals surface area contributed by atoms with Crippen molar-refractivity contribution in [2.24, 2.45) is 0 Å². The zero-order chi connectivity index (χ0) is 21.4. The van der Waals surface area contributed by atoms with E-state index in [2.05, 4.69) is 15.4 Å². The zero-order valence-corrected chi connectivity index (χ0v) is 18.6. The van der Waals surface area contributed by atoms with Crippen LogP contribution >= 0.6 is 23.8 Å². The van der Waals surface area contributed by atoms with Crippen molar-refractivity contribution in [1.29, 1.82) is 0 Å². The number of carbonyl (C=O) groups excluding carboxylic acids is 1. The van der Waals surface area contributed by atoms with Crippen LogP contribution in [0.15, 0.2) is 53.4 Å². The second-order valence-electron chi connectivity index (χ2n) is 6.55. The third kappa shape index (κ3) is 7.40. The van der Waals surface area contributed by atoms with Crippen LogP contribution in [0.2, 0.25) is 5.02 Å². The highest BCUT2D eigenvalue weighted by Gasteiger charge is 2.16. The van der Waals surface area contributed by atoms with Gasteiger partial charge in [-0.05, 0) is 67.9 Å². The number of sulfonamides is 1. The summed E-state index contributed by atoms with van der Waals surface area (Å²) in [5.41, 5.74) is 1.47. The number of rotatable bonds is 8. The number of amides is 1. The minimum Gasteiger partial charge on any atom is -0.332 e. The Hall–Kier alpha value is -2.00. The molecule has 9 heteroatoms. The topological polar surface area (TPSA) is 87.3 Å². The first-order valence-corrected chi connectivity index (χ1v) is 11.4. The standard InChI is InChI=1S/C20H24ClN3O3S2/c1-3-14(2)24-29(26,27)17-11-9-16(10-12-17)22-20(28)23-19(25)13-8-15-6-4-5-7-18(15)21/h4-7,9-12,14,24H,3,8,13H2,1-2H3,(H2,22,23,25,28). The van der Waals surface area contributed by atoms with Gasteiger partial charge in [0.05, 0.1) is 4.90 Å². The number of nitrogens with one attached hydrogen (secondary N) is 3. The number of aryl methyl sites for hydroxylation is 1. The summed E-state index contributed by atoms with van der Waals surface area (Å²) in [7, 11) is -3.56. The van der Waals surface area contributed by atoms with Gasteiger partial charge in [0.15, 0.2) is 5.11 Å². The predicted molar refractivity (Wildman–Crippen MR) is 121 cm³/mol. The van der Waals surface area contributed by atoms with Crippen LogP contribution in [0.3, 0.4) is 0 Å². The first-order chi connectivity index (χ1) is 13.7. The van der Waals surface area contributed by atoms with E-state index in [1.54, 1.807) is 25.1 Å². The first-order valence-electron chi connectivity index (χ1n) is 9.18. The zero-order valence-electron chi connectivity index (χ0n) is 16.2. The van der Waals surface area contributed by atoms with Gasteiger partial charge in [0.25, 0.3) is 0 Å². The minimum absolute atomic E-state index is 0.141. The highest BCUT2D eigenvalue weighted by Crippen LogP contribution is 2.17. The van der Waals surface area contributed by atoms with Crippen LogP contribution in [0.1, 0.15) is 32.3 Å². The van der Waals surface area contributed by atoms with Crippen molar-refractivity contribution in [2.45, 2.75) is 44.0 Å². The molecule has 1 unspecified atom stereocenters. The number of halogens is 1. The van der Waals surface area contributed by atoms with Crippen LogP contribution in [-0.2, 0) is 21.2 Å². The average Bonchev–Trinajstić information content (AvgIpc) is 2.67. The van der Waals surface area contributed by atoms with E-state index in [0.29, 0.717) is 23.6 Å². The smallest absolute Gasteiger partial charge is 0.240 e. The molecule has 2 aromatic rings. The van der Waals surface area contributed by atoms with Crippen molar-refractivity contribution in [3.8, 4) is 0 Å². The number of carbonyl (C=O) groups is 1. The Bertz CT molecular complexity index is 963. The molecule has 6 nitrogen and oxygen atoms in total. The van der Waals surface area contributed by atoms with E-state index >= 15 is 0 Å². The van der Waals surface area contributed by atoms with Gasteiger partial charge in [0.1, 0.15) is 0 Å². The molecular formula is C20H24ClN3O3S2. The Balaban J connectivity index is 1.87. The van der Waals surface area contributed by atoms with Crippen molar-refractivity contribution < 1.29 is 13.2 Å². The molecule has 0 aliphatic carbocycles. The van der Waals surface area contributed by atoms with Crippen molar-refractivity contribution in [1.82, 2.24) is 10.0 Å². The highest BCUT2D eigenvalue weighted by molar-refractivity contribution is 7.89. The van der Waals surface area contributed by atoms with Gasteiger partial charge >= 0.3 is 0 Å². The number of hydrogen-bond donors (Lipinski definition) is 3. The monoisotopic (exact) mass is 453 g/mol. The number of benzene rings is 2. The lowest BCUT2D eigenvalue weighted by Gasteiger charge is -2.13. The van der Waals surface area contributed by atoms with Gasteiger partial charge in [-0.25, -0.2) is 13.1 Å². The molecule has 0 spiro atoms. The van der Waals surface area contributed by atoms with Gasteiger partial charge in [-0.2, -0.15) is 0 Å². The maximum Gasteiger partial charge on any atom is 0.240 e. The van der Waals surface area contributed by atoms with Gasteiger partial charge in [-0.15, -0.1) is 0 Å². The fraction of sp³-hybridized carbons (Fsp3) is 0.300. The highest BCUT2D eigenvalue weighted by atomic mass is 35.5. The molecule has 156 valence electrons. The van der Waals surface area contributed by atoms with E-state index in [-0.39, 0.29) is 28.4 Å². The molecule has 0 radical (unpaired) electrons. The fourth-order valence-corrected chi connectivity index (χ4v) is 4.22. The van der Waals surface area contributed by atoms with E-state index in [0.717, 1.165) is 5.56 Å². The summed E-state index contributed by atoms with van der Waals surface area (Å²) >= 11 is 11.2. The summed E-state index contributed by atoms with van der Waals surface area (Å²) in [6.45, 7) is 3.71. The van der Waals surface area contributed by atoms with Crippen LogP contribution in [0.4, 0.5) is 5.69 Å². The second-order valence-corrected chi connectivity index (χ2v) is 9.08. The number of thiocarbonyl (C=S) groups is 1. The average molecular weight is 454 g/mol. The van der Waals surface area contributed by atoms with Gasteiger partial charge in [-0.1, -0.05) is 36.7 Å². The molecule has 0 saturated carbocycles.